The monoisotopic (exact) mass is 199 g/mol. The highest BCUT2D eigenvalue weighted by Gasteiger charge is 2.19. The Morgan fingerprint density at radius 1 is 1.64 bits per heavy atom. The molecule has 5 heteroatoms. The smallest absolute Gasteiger partial charge is 0.320 e. The molecule has 0 saturated carbocycles. The second kappa shape index (κ2) is 4.26. The van der Waals surface area contributed by atoms with E-state index >= 15 is 0 Å². The van der Waals surface area contributed by atoms with E-state index in [-0.39, 0.29) is 18.6 Å². The number of allylic oxidation sites excluding steroid dienone is 2. The molecule has 0 amide bonds. The third-order valence-corrected chi connectivity index (χ3v) is 2.09. The molecule has 0 aromatic carbocycles. The first-order chi connectivity index (χ1) is 6.50. The van der Waals surface area contributed by atoms with Crippen LogP contribution in [0, 0.1) is 0 Å². The van der Waals surface area contributed by atoms with Crippen molar-refractivity contribution in [3.8, 4) is 0 Å². The Hall–Kier alpha value is -1.33. The summed E-state index contributed by atoms with van der Waals surface area (Å²) in [6.07, 6.45) is 2.44. The fourth-order valence-electron chi connectivity index (χ4n) is 1.26. The summed E-state index contributed by atoms with van der Waals surface area (Å²) in [5, 5.41) is 26.9. The average molecular weight is 199 g/mol. The molecule has 5 nitrogen and oxygen atoms in total. The molecule has 2 atom stereocenters. The lowest BCUT2D eigenvalue weighted by Crippen LogP contribution is -2.31. The lowest BCUT2D eigenvalue weighted by Gasteiger charge is -2.17. The number of carbonyl (C=O) groups is 1. The van der Waals surface area contributed by atoms with Crippen LogP contribution in [-0.4, -0.2) is 33.4 Å². The van der Waals surface area contributed by atoms with E-state index in [4.69, 9.17) is 15.9 Å². The van der Waals surface area contributed by atoms with Crippen molar-refractivity contribution in [2.75, 3.05) is 0 Å². The molecule has 5 N–H and O–H groups in total. The largest absolute Gasteiger partial charge is 0.510 e. The molecular weight excluding hydrogens is 186 g/mol. The van der Waals surface area contributed by atoms with Gasteiger partial charge in [-0.1, -0.05) is 11.6 Å². The van der Waals surface area contributed by atoms with Crippen LogP contribution in [0.25, 0.3) is 0 Å². The number of nitrogens with two attached hydrogens (primary N) is 1. The highest BCUT2D eigenvalue weighted by Crippen LogP contribution is 2.20. The summed E-state index contributed by atoms with van der Waals surface area (Å²) in [7, 11) is 0. The summed E-state index contributed by atoms with van der Waals surface area (Å²) in [6, 6.07) is -0.956. The zero-order valence-corrected chi connectivity index (χ0v) is 7.55. The molecule has 0 aromatic rings. The highest BCUT2D eigenvalue weighted by molar-refractivity contribution is 5.73. The summed E-state index contributed by atoms with van der Waals surface area (Å²) in [5.41, 5.74) is 6.05. The molecule has 1 rings (SSSR count). The second-order valence-electron chi connectivity index (χ2n) is 3.29. The minimum Gasteiger partial charge on any atom is -0.510 e. The zero-order chi connectivity index (χ0) is 10.7. The number of carboxylic acids is 1. The van der Waals surface area contributed by atoms with E-state index in [0.717, 1.165) is 5.57 Å². The van der Waals surface area contributed by atoms with E-state index in [2.05, 4.69) is 0 Å². The lowest BCUT2D eigenvalue weighted by molar-refractivity contribution is -0.138. The lowest BCUT2D eigenvalue weighted by atomic mass is 9.96. The van der Waals surface area contributed by atoms with Gasteiger partial charge in [-0.15, -0.1) is 0 Å². The van der Waals surface area contributed by atoms with Gasteiger partial charge in [0.2, 0.25) is 0 Å². The number of aliphatic carboxylic acids is 1. The maximum Gasteiger partial charge on any atom is 0.320 e. The van der Waals surface area contributed by atoms with Gasteiger partial charge in [-0.05, 0) is 12.5 Å². The number of carboxylic acid groups (broad SMARTS) is 1. The number of hydrogen-bond donors (Lipinski definition) is 4. The van der Waals surface area contributed by atoms with Gasteiger partial charge in [0.15, 0.2) is 0 Å². The predicted molar refractivity (Wildman–Crippen MR) is 49.6 cm³/mol. The maximum atomic E-state index is 10.4. The summed E-state index contributed by atoms with van der Waals surface area (Å²) < 4.78 is 0. The van der Waals surface area contributed by atoms with Gasteiger partial charge >= 0.3 is 5.97 Å². The van der Waals surface area contributed by atoms with Crippen LogP contribution in [0.3, 0.4) is 0 Å². The summed E-state index contributed by atoms with van der Waals surface area (Å²) in [5.74, 6) is -1.17. The van der Waals surface area contributed by atoms with E-state index < -0.39 is 18.1 Å². The van der Waals surface area contributed by atoms with Gasteiger partial charge in [-0.2, -0.15) is 0 Å². The van der Waals surface area contributed by atoms with Gasteiger partial charge in [0.1, 0.15) is 17.9 Å². The van der Waals surface area contributed by atoms with Crippen LogP contribution in [0.5, 0.6) is 0 Å². The Balaban J connectivity index is 2.59. The molecule has 14 heavy (non-hydrogen) atoms. The SMILES string of the molecule is N[C@@H](CC1=CC=C(O)[C@@H](O)C1)C(=O)O. The molecule has 0 radical (unpaired) electrons. The summed E-state index contributed by atoms with van der Waals surface area (Å²) in [6.45, 7) is 0. The fourth-order valence-corrected chi connectivity index (χ4v) is 1.26. The van der Waals surface area contributed by atoms with Crippen molar-refractivity contribution in [3.63, 3.8) is 0 Å². The van der Waals surface area contributed by atoms with Crippen molar-refractivity contribution >= 4 is 5.97 Å². The maximum absolute atomic E-state index is 10.4. The predicted octanol–water partition coefficient (Wildman–Crippen LogP) is -0.0787. The zero-order valence-electron chi connectivity index (χ0n) is 7.55. The second-order valence-corrected chi connectivity index (χ2v) is 3.29. The molecule has 0 fully saturated rings. The van der Waals surface area contributed by atoms with Crippen molar-refractivity contribution < 1.29 is 20.1 Å². The molecule has 0 heterocycles. The van der Waals surface area contributed by atoms with Gasteiger partial charge in [-0.3, -0.25) is 4.79 Å². The third-order valence-electron chi connectivity index (χ3n) is 2.09. The Kier molecular flexibility index (Phi) is 3.27. The van der Waals surface area contributed by atoms with E-state index in [1.807, 2.05) is 0 Å². The molecule has 0 unspecified atom stereocenters. The van der Waals surface area contributed by atoms with Crippen molar-refractivity contribution in [1.82, 2.24) is 0 Å². The van der Waals surface area contributed by atoms with Gasteiger partial charge < -0.3 is 21.1 Å². The Labute approximate surface area is 81.2 Å². The van der Waals surface area contributed by atoms with Crippen LogP contribution in [0.1, 0.15) is 12.8 Å². The average Bonchev–Trinajstić information content (AvgIpc) is 2.11. The van der Waals surface area contributed by atoms with Gasteiger partial charge in [0.05, 0.1) is 0 Å². The van der Waals surface area contributed by atoms with Crippen LogP contribution in [-0.2, 0) is 4.79 Å². The normalized spacial score (nSPS) is 23.7. The Bertz CT molecular complexity index is 295. The van der Waals surface area contributed by atoms with Crippen LogP contribution >= 0.6 is 0 Å². The first-order valence-electron chi connectivity index (χ1n) is 4.25. The number of aliphatic hydroxyl groups is 2. The summed E-state index contributed by atoms with van der Waals surface area (Å²) >= 11 is 0. The minimum atomic E-state index is -1.07. The number of hydrogen-bond acceptors (Lipinski definition) is 4. The van der Waals surface area contributed by atoms with Gasteiger partial charge in [0.25, 0.3) is 0 Å². The first-order valence-corrected chi connectivity index (χ1v) is 4.25. The third kappa shape index (κ3) is 2.58. The molecular formula is C9H13NO4. The highest BCUT2D eigenvalue weighted by atomic mass is 16.4. The molecule has 1 aliphatic carbocycles. The van der Waals surface area contributed by atoms with Crippen molar-refractivity contribution in [2.45, 2.75) is 25.0 Å². The van der Waals surface area contributed by atoms with E-state index in [9.17, 15) is 9.90 Å². The van der Waals surface area contributed by atoms with E-state index in [1.54, 1.807) is 6.08 Å². The van der Waals surface area contributed by atoms with Crippen LogP contribution in [0.4, 0.5) is 0 Å². The number of aliphatic hydroxyl groups excluding tert-OH is 2. The van der Waals surface area contributed by atoms with Crippen molar-refractivity contribution in [3.05, 3.63) is 23.5 Å². The van der Waals surface area contributed by atoms with Crippen molar-refractivity contribution in [1.29, 1.82) is 0 Å². The molecule has 78 valence electrons. The van der Waals surface area contributed by atoms with Gasteiger partial charge in [-0.25, -0.2) is 0 Å². The molecule has 0 spiro atoms. The van der Waals surface area contributed by atoms with E-state index in [1.165, 1.54) is 6.08 Å². The first kappa shape index (κ1) is 10.7. The van der Waals surface area contributed by atoms with Gasteiger partial charge in [0, 0.05) is 6.42 Å². The minimum absolute atomic E-state index is 0.0994. The molecule has 0 bridgehead atoms. The molecule has 0 saturated heterocycles. The fraction of sp³-hybridized carbons (Fsp3) is 0.444. The van der Waals surface area contributed by atoms with Crippen LogP contribution in [0.15, 0.2) is 23.5 Å². The number of rotatable bonds is 3. The Morgan fingerprint density at radius 3 is 2.79 bits per heavy atom. The van der Waals surface area contributed by atoms with Crippen LogP contribution in [0.2, 0.25) is 0 Å². The van der Waals surface area contributed by atoms with E-state index in [0.29, 0.717) is 0 Å². The summed E-state index contributed by atoms with van der Waals surface area (Å²) in [4.78, 5) is 10.4. The Morgan fingerprint density at radius 2 is 2.29 bits per heavy atom. The van der Waals surface area contributed by atoms with Crippen molar-refractivity contribution in [2.24, 2.45) is 5.73 Å². The standard InChI is InChI=1S/C9H13NO4/c10-6(9(13)14)3-5-1-2-7(11)8(12)4-5/h1-2,6,8,11-12H,3-4,10H2,(H,13,14)/t6-,8-/m0/s1. The quantitative estimate of drug-likeness (QED) is 0.509. The molecule has 0 aliphatic heterocycles. The topological polar surface area (TPSA) is 104 Å². The molecule has 0 aromatic heterocycles. The molecule has 1 aliphatic rings. The van der Waals surface area contributed by atoms with Crippen LogP contribution < -0.4 is 5.73 Å².